The van der Waals surface area contributed by atoms with Gasteiger partial charge in [0.25, 0.3) is 0 Å². The highest BCUT2D eigenvalue weighted by atomic mass is 15.2. The van der Waals surface area contributed by atoms with Gasteiger partial charge in [-0.3, -0.25) is 0 Å². The summed E-state index contributed by atoms with van der Waals surface area (Å²) in [4.78, 5) is 2.67. The van der Waals surface area contributed by atoms with E-state index in [1.165, 1.54) is 78.2 Å². The van der Waals surface area contributed by atoms with Crippen molar-refractivity contribution in [2.24, 2.45) is 5.92 Å². The van der Waals surface area contributed by atoms with Crippen molar-refractivity contribution in [1.29, 1.82) is 0 Å². The molecule has 6 aromatic rings. The molecule has 48 heavy (non-hydrogen) atoms. The van der Waals surface area contributed by atoms with Gasteiger partial charge in [0.1, 0.15) is 0 Å². The van der Waals surface area contributed by atoms with Crippen LogP contribution in [-0.4, -0.2) is 6.04 Å². The Labute approximate surface area is 283 Å². The number of fused-ring (bicyclic) bond motifs is 12. The topological polar surface area (TPSA) is 3.24 Å². The molecular formula is C47H37N. The summed E-state index contributed by atoms with van der Waals surface area (Å²) in [6.45, 7) is 7.18. The van der Waals surface area contributed by atoms with Gasteiger partial charge in [0.15, 0.2) is 0 Å². The maximum Gasteiger partial charge on any atom is 0.0708 e. The molecule has 0 heterocycles. The maximum atomic E-state index is 2.67. The van der Waals surface area contributed by atoms with Crippen molar-refractivity contribution in [2.45, 2.75) is 37.6 Å². The van der Waals surface area contributed by atoms with E-state index < -0.39 is 0 Å². The smallest absolute Gasteiger partial charge is 0.0708 e. The van der Waals surface area contributed by atoms with E-state index in [0.717, 1.165) is 0 Å². The van der Waals surface area contributed by atoms with Crippen LogP contribution in [0.3, 0.4) is 0 Å². The number of allylic oxidation sites excluding steroid dienone is 2. The lowest BCUT2D eigenvalue weighted by Gasteiger charge is -2.45. The highest BCUT2D eigenvalue weighted by Gasteiger charge is 2.56. The van der Waals surface area contributed by atoms with Crippen molar-refractivity contribution in [3.05, 3.63) is 197 Å². The van der Waals surface area contributed by atoms with E-state index in [2.05, 4.69) is 183 Å². The molecule has 0 saturated heterocycles. The minimum atomic E-state index is -0.387. The molecule has 0 bridgehead atoms. The second-order valence-electron chi connectivity index (χ2n) is 14.5. The number of anilines is 2. The monoisotopic (exact) mass is 615 g/mol. The number of para-hydroxylation sites is 1. The van der Waals surface area contributed by atoms with Crippen LogP contribution in [0.5, 0.6) is 0 Å². The summed E-state index contributed by atoms with van der Waals surface area (Å²) < 4.78 is 0. The molecule has 1 nitrogen and oxygen atoms in total. The Morgan fingerprint density at radius 3 is 1.62 bits per heavy atom. The van der Waals surface area contributed by atoms with Gasteiger partial charge in [0.2, 0.25) is 0 Å². The molecule has 0 saturated carbocycles. The van der Waals surface area contributed by atoms with Crippen LogP contribution < -0.4 is 4.90 Å². The molecule has 6 aromatic carbocycles. The first kappa shape index (κ1) is 27.7. The van der Waals surface area contributed by atoms with Gasteiger partial charge < -0.3 is 4.90 Å². The lowest BCUT2D eigenvalue weighted by molar-refractivity contribution is 0.536. The lowest BCUT2D eigenvalue weighted by Crippen LogP contribution is -2.45. The standard InChI is InChI=1S/C47H37N/c1-30-25-27-38-36-20-10-14-24-42(36)47(40-22-12-8-18-34(40)35-19-9-13-23-41(35)47)44(38)45(30)48(31-15-5-4-6-16-31)32-26-28-37-33-17-7-11-21-39(33)46(2,3)43(37)29-32/h4-30,45H,1-3H3. The zero-order chi connectivity index (χ0) is 32.2. The van der Waals surface area contributed by atoms with E-state index in [4.69, 9.17) is 0 Å². The van der Waals surface area contributed by atoms with Crippen LogP contribution in [0.15, 0.2) is 163 Å². The van der Waals surface area contributed by atoms with Crippen molar-refractivity contribution >= 4 is 16.9 Å². The average Bonchev–Trinajstić information content (AvgIpc) is 3.69. The van der Waals surface area contributed by atoms with Crippen LogP contribution in [0.25, 0.3) is 27.8 Å². The molecule has 0 radical (unpaired) electrons. The van der Waals surface area contributed by atoms with Crippen LogP contribution in [-0.2, 0) is 10.8 Å². The summed E-state index contributed by atoms with van der Waals surface area (Å²) in [5, 5.41) is 0. The Morgan fingerprint density at radius 1 is 0.479 bits per heavy atom. The van der Waals surface area contributed by atoms with Gasteiger partial charge in [0, 0.05) is 16.8 Å². The number of nitrogens with zero attached hydrogens (tertiary/aromatic N) is 1. The lowest BCUT2D eigenvalue weighted by atomic mass is 9.65. The van der Waals surface area contributed by atoms with Crippen molar-refractivity contribution in [3.8, 4) is 22.3 Å². The molecule has 2 atom stereocenters. The number of benzene rings is 6. The molecule has 0 amide bonds. The number of hydrogen-bond acceptors (Lipinski definition) is 1. The Balaban J connectivity index is 1.27. The Morgan fingerprint density at radius 2 is 0.979 bits per heavy atom. The van der Waals surface area contributed by atoms with Gasteiger partial charge in [-0.2, -0.15) is 0 Å². The summed E-state index contributed by atoms with van der Waals surface area (Å²) in [6, 6.07) is 54.9. The first-order valence-electron chi connectivity index (χ1n) is 17.3. The summed E-state index contributed by atoms with van der Waals surface area (Å²) in [7, 11) is 0. The molecule has 1 heteroatoms. The number of hydrogen-bond donors (Lipinski definition) is 0. The molecular weight excluding hydrogens is 579 g/mol. The maximum absolute atomic E-state index is 2.67. The molecule has 0 aliphatic heterocycles. The third-order valence-corrected chi connectivity index (χ3v) is 11.8. The molecule has 10 rings (SSSR count). The predicted octanol–water partition coefficient (Wildman–Crippen LogP) is 11.5. The fourth-order valence-corrected chi connectivity index (χ4v) is 9.79. The molecule has 230 valence electrons. The van der Waals surface area contributed by atoms with E-state index in [1.54, 1.807) is 0 Å². The third kappa shape index (κ3) is 3.41. The van der Waals surface area contributed by atoms with Gasteiger partial charge >= 0.3 is 0 Å². The molecule has 2 unspecified atom stereocenters. The van der Waals surface area contributed by atoms with Crippen LogP contribution in [0.1, 0.15) is 54.2 Å². The van der Waals surface area contributed by atoms with Crippen molar-refractivity contribution < 1.29 is 0 Å². The van der Waals surface area contributed by atoms with Crippen molar-refractivity contribution in [1.82, 2.24) is 0 Å². The fraction of sp³-hybridized carbons (Fsp3) is 0.149. The Kier molecular flexibility index (Phi) is 5.66. The Hall–Kier alpha value is -5.40. The minimum absolute atomic E-state index is 0.0731. The second-order valence-corrected chi connectivity index (χ2v) is 14.5. The van der Waals surface area contributed by atoms with E-state index >= 15 is 0 Å². The van der Waals surface area contributed by atoms with E-state index in [-0.39, 0.29) is 22.8 Å². The molecule has 0 aromatic heterocycles. The fourth-order valence-electron chi connectivity index (χ4n) is 9.79. The van der Waals surface area contributed by atoms with Crippen molar-refractivity contribution in [2.75, 3.05) is 4.90 Å². The first-order valence-corrected chi connectivity index (χ1v) is 17.3. The molecule has 0 N–H and O–H groups in total. The molecule has 1 spiro atoms. The van der Waals surface area contributed by atoms with Crippen LogP contribution in [0, 0.1) is 5.92 Å². The quantitative estimate of drug-likeness (QED) is 0.191. The largest absolute Gasteiger partial charge is 0.334 e. The van der Waals surface area contributed by atoms with Gasteiger partial charge in [-0.25, -0.2) is 0 Å². The predicted molar refractivity (Wildman–Crippen MR) is 200 cm³/mol. The van der Waals surface area contributed by atoms with Gasteiger partial charge in [-0.05, 0) is 97.0 Å². The van der Waals surface area contributed by atoms with E-state index in [9.17, 15) is 0 Å². The van der Waals surface area contributed by atoms with Crippen LogP contribution in [0.2, 0.25) is 0 Å². The summed E-state index contributed by atoms with van der Waals surface area (Å²) in [5.41, 5.74) is 18.6. The summed E-state index contributed by atoms with van der Waals surface area (Å²) in [6.07, 6.45) is 4.88. The molecule has 0 fully saturated rings. The van der Waals surface area contributed by atoms with Crippen LogP contribution >= 0.6 is 0 Å². The first-order chi connectivity index (χ1) is 23.5. The molecule has 4 aliphatic carbocycles. The van der Waals surface area contributed by atoms with Gasteiger partial charge in [0.05, 0.1) is 11.5 Å². The van der Waals surface area contributed by atoms with Crippen molar-refractivity contribution in [3.63, 3.8) is 0 Å². The zero-order valence-corrected chi connectivity index (χ0v) is 27.6. The van der Waals surface area contributed by atoms with Crippen LogP contribution in [0.4, 0.5) is 11.4 Å². The summed E-state index contributed by atoms with van der Waals surface area (Å²) >= 11 is 0. The highest BCUT2D eigenvalue weighted by Crippen LogP contribution is 2.65. The van der Waals surface area contributed by atoms with Gasteiger partial charge in [-0.1, -0.05) is 154 Å². The zero-order valence-electron chi connectivity index (χ0n) is 27.6. The summed E-state index contributed by atoms with van der Waals surface area (Å²) in [5.74, 6) is 0.258. The SMILES string of the molecule is CC1C=CC2=C(C1N(c1ccccc1)c1ccc3c(c1)C(C)(C)c1ccccc1-3)C1(c3ccccc32)c2ccccc2-c2ccccc21. The number of rotatable bonds is 3. The second kappa shape index (κ2) is 9.81. The average molecular weight is 616 g/mol. The third-order valence-electron chi connectivity index (χ3n) is 11.8. The highest BCUT2D eigenvalue weighted by molar-refractivity contribution is 5.98. The van der Waals surface area contributed by atoms with E-state index in [0.29, 0.717) is 0 Å². The molecule has 4 aliphatic rings. The van der Waals surface area contributed by atoms with Gasteiger partial charge in [-0.15, -0.1) is 0 Å². The Bertz CT molecular complexity index is 2310. The normalized spacial score (nSPS) is 19.7. The van der Waals surface area contributed by atoms with E-state index in [1.807, 2.05) is 0 Å². The minimum Gasteiger partial charge on any atom is -0.334 e.